The zero-order valence-electron chi connectivity index (χ0n) is 12.3. The lowest BCUT2D eigenvalue weighted by Gasteiger charge is -2.10. The Balaban J connectivity index is 2.16. The fourth-order valence-electron chi connectivity index (χ4n) is 1.94. The van der Waals surface area contributed by atoms with E-state index in [1.165, 1.54) is 12.1 Å². The molecule has 0 saturated heterocycles. The second-order valence-electron chi connectivity index (χ2n) is 4.50. The predicted molar refractivity (Wildman–Crippen MR) is 87.4 cm³/mol. The number of nitro groups is 1. The van der Waals surface area contributed by atoms with Crippen molar-refractivity contribution < 1.29 is 14.5 Å². The van der Waals surface area contributed by atoms with Gasteiger partial charge in [-0.05, 0) is 25.1 Å². The second-order valence-corrected chi connectivity index (χ2v) is 5.42. The Morgan fingerprint density at radius 2 is 2.22 bits per heavy atom. The third kappa shape index (κ3) is 4.26. The van der Waals surface area contributed by atoms with Gasteiger partial charge in [-0.2, -0.15) is 0 Å². The van der Waals surface area contributed by atoms with Gasteiger partial charge in [-0.1, -0.05) is 22.0 Å². The lowest BCUT2D eigenvalue weighted by molar-refractivity contribution is -0.385. The quantitative estimate of drug-likeness (QED) is 0.614. The minimum absolute atomic E-state index is 0.0000465. The maximum absolute atomic E-state index is 12.2. The van der Waals surface area contributed by atoms with Crippen LogP contribution in [-0.2, 0) is 6.54 Å². The summed E-state index contributed by atoms with van der Waals surface area (Å²) in [6, 6.07) is 7.78. The number of rotatable bonds is 6. The van der Waals surface area contributed by atoms with E-state index in [4.69, 9.17) is 4.74 Å². The number of carbonyl (C=O) groups is 1. The summed E-state index contributed by atoms with van der Waals surface area (Å²) >= 11 is 3.16. The first-order valence-corrected chi connectivity index (χ1v) is 7.61. The van der Waals surface area contributed by atoms with Crippen molar-refractivity contribution in [1.82, 2.24) is 10.3 Å². The molecule has 0 radical (unpaired) electrons. The van der Waals surface area contributed by atoms with E-state index in [-0.39, 0.29) is 17.8 Å². The molecule has 120 valence electrons. The number of ether oxygens (including phenoxy) is 1. The van der Waals surface area contributed by atoms with Gasteiger partial charge < -0.3 is 10.1 Å². The third-order valence-electron chi connectivity index (χ3n) is 2.97. The van der Waals surface area contributed by atoms with Crippen molar-refractivity contribution in [2.24, 2.45) is 0 Å². The van der Waals surface area contributed by atoms with E-state index in [2.05, 4.69) is 26.2 Å². The molecule has 8 heteroatoms. The van der Waals surface area contributed by atoms with Gasteiger partial charge in [-0.3, -0.25) is 14.9 Å². The molecule has 1 heterocycles. The smallest absolute Gasteiger partial charge is 0.283 e. The van der Waals surface area contributed by atoms with Gasteiger partial charge in [0, 0.05) is 28.8 Å². The molecule has 0 saturated carbocycles. The van der Waals surface area contributed by atoms with Crippen LogP contribution in [0.25, 0.3) is 0 Å². The first kappa shape index (κ1) is 16.9. The number of benzene rings is 1. The number of nitrogens with zero attached hydrogens (tertiary/aromatic N) is 2. The average molecular weight is 380 g/mol. The molecule has 2 aromatic rings. The van der Waals surface area contributed by atoms with E-state index >= 15 is 0 Å². The number of nitrogens with one attached hydrogen (secondary N) is 1. The lowest BCUT2D eigenvalue weighted by Crippen LogP contribution is -2.24. The topological polar surface area (TPSA) is 94.4 Å². The number of hydrogen-bond donors (Lipinski definition) is 1. The monoisotopic (exact) mass is 379 g/mol. The number of carbonyl (C=O) groups excluding carboxylic acids is 1. The number of halogens is 1. The van der Waals surface area contributed by atoms with Crippen LogP contribution in [0.2, 0.25) is 0 Å². The van der Waals surface area contributed by atoms with Crippen LogP contribution in [0.15, 0.2) is 41.0 Å². The Bertz CT molecular complexity index is 736. The summed E-state index contributed by atoms with van der Waals surface area (Å²) in [5.74, 6) is -0.101. The minimum Gasteiger partial charge on any atom is -0.478 e. The number of hydrogen-bond acceptors (Lipinski definition) is 5. The second kappa shape index (κ2) is 7.68. The molecule has 1 amide bonds. The van der Waals surface area contributed by atoms with Crippen LogP contribution in [0, 0.1) is 10.1 Å². The van der Waals surface area contributed by atoms with Crippen molar-refractivity contribution >= 4 is 27.5 Å². The predicted octanol–water partition coefficient (Wildman–Crippen LogP) is 3.08. The van der Waals surface area contributed by atoms with Crippen molar-refractivity contribution in [3.63, 3.8) is 0 Å². The standard InChI is InChI=1S/C15H14BrN3O4/c1-2-23-15-10(4-3-7-17-15)9-18-14(20)12-6-5-11(16)8-13(12)19(21)22/h3-8H,2,9H2,1H3,(H,18,20). The number of nitro benzene ring substituents is 1. The Kier molecular flexibility index (Phi) is 5.64. The molecular formula is C15H14BrN3O4. The summed E-state index contributed by atoms with van der Waals surface area (Å²) in [5.41, 5.74) is 0.440. The van der Waals surface area contributed by atoms with Gasteiger partial charge in [0.2, 0.25) is 5.88 Å². The Labute approximate surface area is 141 Å². The highest BCUT2D eigenvalue weighted by molar-refractivity contribution is 9.10. The van der Waals surface area contributed by atoms with E-state index < -0.39 is 10.8 Å². The zero-order chi connectivity index (χ0) is 16.8. The summed E-state index contributed by atoms with van der Waals surface area (Å²) in [4.78, 5) is 26.8. The average Bonchev–Trinajstić information content (AvgIpc) is 2.54. The molecule has 1 N–H and O–H groups in total. The van der Waals surface area contributed by atoms with E-state index in [0.29, 0.717) is 22.5 Å². The molecule has 0 unspecified atom stereocenters. The summed E-state index contributed by atoms with van der Waals surface area (Å²) < 4.78 is 5.91. The van der Waals surface area contributed by atoms with Crippen LogP contribution in [0.1, 0.15) is 22.8 Å². The van der Waals surface area contributed by atoms with Crippen molar-refractivity contribution in [3.05, 3.63) is 62.2 Å². The van der Waals surface area contributed by atoms with Gasteiger partial charge in [0.25, 0.3) is 11.6 Å². The van der Waals surface area contributed by atoms with Gasteiger partial charge >= 0.3 is 0 Å². The Morgan fingerprint density at radius 1 is 1.43 bits per heavy atom. The summed E-state index contributed by atoms with van der Waals surface area (Å²) in [5, 5.41) is 13.7. The van der Waals surface area contributed by atoms with Crippen molar-refractivity contribution in [2.45, 2.75) is 13.5 Å². The van der Waals surface area contributed by atoms with Crippen molar-refractivity contribution in [1.29, 1.82) is 0 Å². The largest absolute Gasteiger partial charge is 0.478 e. The summed E-state index contributed by atoms with van der Waals surface area (Å²) in [7, 11) is 0. The Morgan fingerprint density at radius 3 is 2.91 bits per heavy atom. The summed E-state index contributed by atoms with van der Waals surface area (Å²) in [6.45, 7) is 2.45. The molecule has 7 nitrogen and oxygen atoms in total. The maximum Gasteiger partial charge on any atom is 0.283 e. The first-order valence-electron chi connectivity index (χ1n) is 6.81. The molecule has 0 atom stereocenters. The number of amides is 1. The van der Waals surface area contributed by atoms with Crippen LogP contribution >= 0.6 is 15.9 Å². The molecular weight excluding hydrogens is 366 g/mol. The van der Waals surface area contributed by atoms with Gasteiger partial charge in [0.05, 0.1) is 11.5 Å². The highest BCUT2D eigenvalue weighted by Gasteiger charge is 2.20. The molecule has 0 aliphatic heterocycles. The molecule has 0 fully saturated rings. The van der Waals surface area contributed by atoms with Gasteiger partial charge in [0.1, 0.15) is 5.56 Å². The third-order valence-corrected chi connectivity index (χ3v) is 3.46. The van der Waals surface area contributed by atoms with E-state index in [1.54, 1.807) is 24.4 Å². The molecule has 2 rings (SSSR count). The van der Waals surface area contributed by atoms with Crippen molar-refractivity contribution in [2.75, 3.05) is 6.61 Å². The summed E-state index contributed by atoms with van der Waals surface area (Å²) in [6.07, 6.45) is 1.59. The number of aromatic nitrogens is 1. The highest BCUT2D eigenvalue weighted by atomic mass is 79.9. The lowest BCUT2D eigenvalue weighted by atomic mass is 10.1. The molecule has 1 aromatic carbocycles. The fraction of sp³-hybridized carbons (Fsp3) is 0.200. The van der Waals surface area contributed by atoms with Crippen LogP contribution in [0.4, 0.5) is 5.69 Å². The highest BCUT2D eigenvalue weighted by Crippen LogP contribution is 2.23. The molecule has 0 bridgehead atoms. The molecule has 0 aliphatic rings. The van der Waals surface area contributed by atoms with Gasteiger partial charge in [-0.25, -0.2) is 4.98 Å². The van der Waals surface area contributed by atoms with E-state index in [0.717, 1.165) is 0 Å². The number of pyridine rings is 1. The molecule has 23 heavy (non-hydrogen) atoms. The van der Waals surface area contributed by atoms with Crippen LogP contribution in [-0.4, -0.2) is 22.4 Å². The fourth-order valence-corrected chi connectivity index (χ4v) is 2.29. The SMILES string of the molecule is CCOc1ncccc1CNC(=O)c1ccc(Br)cc1[N+](=O)[O-]. The molecule has 0 spiro atoms. The van der Waals surface area contributed by atoms with Crippen molar-refractivity contribution in [3.8, 4) is 5.88 Å². The first-order chi connectivity index (χ1) is 11.0. The maximum atomic E-state index is 12.2. The normalized spacial score (nSPS) is 10.2. The van der Waals surface area contributed by atoms with Gasteiger partial charge in [0.15, 0.2) is 0 Å². The Hall–Kier alpha value is -2.48. The van der Waals surface area contributed by atoms with E-state index in [9.17, 15) is 14.9 Å². The minimum atomic E-state index is -0.588. The van der Waals surface area contributed by atoms with Crippen LogP contribution in [0.5, 0.6) is 5.88 Å². The molecule has 0 aliphatic carbocycles. The van der Waals surface area contributed by atoms with Crippen LogP contribution < -0.4 is 10.1 Å². The zero-order valence-corrected chi connectivity index (χ0v) is 13.9. The van der Waals surface area contributed by atoms with Crippen LogP contribution in [0.3, 0.4) is 0 Å². The van der Waals surface area contributed by atoms with E-state index in [1.807, 2.05) is 6.92 Å². The van der Waals surface area contributed by atoms with Gasteiger partial charge in [-0.15, -0.1) is 0 Å². The molecule has 1 aromatic heterocycles.